The van der Waals surface area contributed by atoms with E-state index in [2.05, 4.69) is 5.32 Å². The number of para-hydroxylation sites is 1. The lowest BCUT2D eigenvalue weighted by atomic mass is 10.3. The molecule has 0 spiro atoms. The van der Waals surface area contributed by atoms with E-state index in [1.165, 1.54) is 0 Å². The molecule has 1 amide bonds. The standard InChI is InChI=1S/C11H11NO2S/c1-14-7-8-6-11(13)12-9-4-2-3-5-10(9)15-8/h2-6H,7H2,1H3,(H,12,13). The number of hydrogen-bond acceptors (Lipinski definition) is 3. The number of ether oxygens (including phenoxy) is 1. The number of carbonyl (C=O) groups excluding carboxylic acids is 1. The van der Waals surface area contributed by atoms with Crippen LogP contribution < -0.4 is 5.32 Å². The Hall–Kier alpha value is -1.26. The van der Waals surface area contributed by atoms with E-state index in [0.29, 0.717) is 6.61 Å². The first-order valence-electron chi connectivity index (χ1n) is 4.57. The van der Waals surface area contributed by atoms with E-state index in [0.717, 1.165) is 15.5 Å². The lowest BCUT2D eigenvalue weighted by Crippen LogP contribution is -2.07. The molecule has 1 aliphatic heterocycles. The number of nitrogens with one attached hydrogen (secondary N) is 1. The van der Waals surface area contributed by atoms with Gasteiger partial charge in [0.25, 0.3) is 0 Å². The third kappa shape index (κ3) is 2.40. The Morgan fingerprint density at radius 1 is 1.40 bits per heavy atom. The van der Waals surface area contributed by atoms with Crippen LogP contribution in [0.5, 0.6) is 0 Å². The third-order valence-corrected chi connectivity index (χ3v) is 3.04. The zero-order valence-electron chi connectivity index (χ0n) is 8.32. The Morgan fingerprint density at radius 3 is 3.00 bits per heavy atom. The summed E-state index contributed by atoms with van der Waals surface area (Å²) in [6.07, 6.45) is 1.58. The molecule has 0 bridgehead atoms. The largest absolute Gasteiger partial charge is 0.379 e. The number of rotatable bonds is 2. The molecule has 0 unspecified atom stereocenters. The molecule has 2 rings (SSSR count). The maximum absolute atomic E-state index is 11.5. The second-order valence-electron chi connectivity index (χ2n) is 3.13. The van der Waals surface area contributed by atoms with E-state index in [4.69, 9.17) is 4.74 Å². The van der Waals surface area contributed by atoms with Crippen molar-refractivity contribution in [2.75, 3.05) is 19.0 Å². The molecule has 1 N–H and O–H groups in total. The third-order valence-electron chi connectivity index (χ3n) is 1.96. The molecule has 1 heterocycles. The van der Waals surface area contributed by atoms with Gasteiger partial charge in [0.05, 0.1) is 12.3 Å². The summed E-state index contributed by atoms with van der Waals surface area (Å²) in [7, 11) is 1.62. The summed E-state index contributed by atoms with van der Waals surface area (Å²) >= 11 is 1.56. The van der Waals surface area contributed by atoms with Gasteiger partial charge in [-0.15, -0.1) is 0 Å². The minimum absolute atomic E-state index is 0.0977. The predicted octanol–water partition coefficient (Wildman–Crippen LogP) is 2.26. The highest BCUT2D eigenvalue weighted by Gasteiger charge is 2.13. The molecule has 0 atom stereocenters. The number of amides is 1. The number of thioether (sulfide) groups is 1. The van der Waals surface area contributed by atoms with Crippen LogP contribution in [-0.4, -0.2) is 19.6 Å². The van der Waals surface area contributed by atoms with Crippen molar-refractivity contribution in [1.29, 1.82) is 0 Å². The van der Waals surface area contributed by atoms with Gasteiger partial charge in [-0.2, -0.15) is 0 Å². The zero-order valence-corrected chi connectivity index (χ0v) is 9.14. The molecule has 1 aromatic rings. The van der Waals surface area contributed by atoms with Gasteiger partial charge < -0.3 is 10.1 Å². The zero-order chi connectivity index (χ0) is 10.7. The fraction of sp³-hybridized carbons (Fsp3) is 0.182. The Kier molecular flexibility index (Phi) is 3.08. The van der Waals surface area contributed by atoms with Crippen molar-refractivity contribution in [3.05, 3.63) is 35.2 Å². The van der Waals surface area contributed by atoms with Gasteiger partial charge in [-0.3, -0.25) is 4.79 Å². The SMILES string of the molecule is COCC1=CC(=O)Nc2ccccc2S1. The average Bonchev–Trinajstić information content (AvgIpc) is 2.35. The minimum Gasteiger partial charge on any atom is -0.379 e. The Balaban J connectivity index is 2.32. The number of hydrogen-bond donors (Lipinski definition) is 1. The fourth-order valence-corrected chi connectivity index (χ4v) is 2.36. The second kappa shape index (κ2) is 4.51. The quantitative estimate of drug-likeness (QED) is 0.832. The van der Waals surface area contributed by atoms with Crippen molar-refractivity contribution in [2.45, 2.75) is 4.90 Å². The molecule has 0 fully saturated rings. The van der Waals surface area contributed by atoms with Crippen LogP contribution in [-0.2, 0) is 9.53 Å². The van der Waals surface area contributed by atoms with Crippen LogP contribution in [0.1, 0.15) is 0 Å². The van der Waals surface area contributed by atoms with Gasteiger partial charge in [0.1, 0.15) is 0 Å². The van der Waals surface area contributed by atoms with E-state index in [1.807, 2.05) is 24.3 Å². The highest BCUT2D eigenvalue weighted by molar-refractivity contribution is 8.03. The molecule has 0 saturated heterocycles. The van der Waals surface area contributed by atoms with Crippen molar-refractivity contribution in [3.63, 3.8) is 0 Å². The molecule has 15 heavy (non-hydrogen) atoms. The monoisotopic (exact) mass is 221 g/mol. The fourth-order valence-electron chi connectivity index (χ4n) is 1.36. The highest BCUT2D eigenvalue weighted by Crippen LogP contribution is 2.34. The number of carbonyl (C=O) groups is 1. The number of fused-ring (bicyclic) bond motifs is 1. The van der Waals surface area contributed by atoms with Crippen LogP contribution in [0, 0.1) is 0 Å². The first-order chi connectivity index (χ1) is 7.29. The topological polar surface area (TPSA) is 38.3 Å². The number of benzene rings is 1. The lowest BCUT2D eigenvalue weighted by molar-refractivity contribution is -0.111. The summed E-state index contributed by atoms with van der Waals surface area (Å²) in [5, 5.41) is 2.82. The van der Waals surface area contributed by atoms with Gasteiger partial charge in [-0.05, 0) is 12.1 Å². The molecule has 1 aromatic carbocycles. The Morgan fingerprint density at radius 2 is 2.20 bits per heavy atom. The summed E-state index contributed by atoms with van der Waals surface area (Å²) in [5.41, 5.74) is 0.856. The molecule has 4 heteroatoms. The van der Waals surface area contributed by atoms with Crippen molar-refractivity contribution in [1.82, 2.24) is 0 Å². The first kappa shape index (κ1) is 10.3. The first-order valence-corrected chi connectivity index (χ1v) is 5.38. The van der Waals surface area contributed by atoms with Crippen molar-refractivity contribution in [3.8, 4) is 0 Å². The molecule has 0 aliphatic carbocycles. The minimum atomic E-state index is -0.0977. The van der Waals surface area contributed by atoms with Crippen LogP contribution in [0.2, 0.25) is 0 Å². The summed E-state index contributed by atoms with van der Waals surface area (Å²) in [6, 6.07) is 7.73. The van der Waals surface area contributed by atoms with E-state index >= 15 is 0 Å². The highest BCUT2D eigenvalue weighted by atomic mass is 32.2. The summed E-state index contributed by atoms with van der Waals surface area (Å²) in [4.78, 5) is 13.4. The molecule has 78 valence electrons. The van der Waals surface area contributed by atoms with Gasteiger partial charge in [-0.1, -0.05) is 23.9 Å². The van der Waals surface area contributed by atoms with Crippen LogP contribution >= 0.6 is 11.8 Å². The van der Waals surface area contributed by atoms with E-state index < -0.39 is 0 Å². The van der Waals surface area contributed by atoms with Gasteiger partial charge in [0.2, 0.25) is 5.91 Å². The smallest absolute Gasteiger partial charge is 0.249 e. The molecule has 0 radical (unpaired) electrons. The Bertz CT molecular complexity index is 415. The predicted molar refractivity (Wildman–Crippen MR) is 60.9 cm³/mol. The van der Waals surface area contributed by atoms with Crippen molar-refractivity contribution in [2.24, 2.45) is 0 Å². The van der Waals surface area contributed by atoms with Gasteiger partial charge in [0.15, 0.2) is 0 Å². The molecule has 0 saturated carbocycles. The van der Waals surface area contributed by atoms with Crippen LogP contribution in [0.15, 0.2) is 40.1 Å². The maximum Gasteiger partial charge on any atom is 0.249 e. The molecular formula is C11H11NO2S. The van der Waals surface area contributed by atoms with Crippen molar-refractivity contribution >= 4 is 23.4 Å². The number of methoxy groups -OCH3 is 1. The molecule has 1 aliphatic rings. The second-order valence-corrected chi connectivity index (χ2v) is 4.30. The molecule has 0 aromatic heterocycles. The van der Waals surface area contributed by atoms with Crippen LogP contribution in [0.3, 0.4) is 0 Å². The van der Waals surface area contributed by atoms with Gasteiger partial charge in [0, 0.05) is 23.0 Å². The normalized spacial score (nSPS) is 15.0. The molecular weight excluding hydrogens is 210 g/mol. The lowest BCUT2D eigenvalue weighted by Gasteiger charge is -2.05. The number of anilines is 1. The molecule has 3 nitrogen and oxygen atoms in total. The van der Waals surface area contributed by atoms with Gasteiger partial charge in [-0.25, -0.2) is 0 Å². The van der Waals surface area contributed by atoms with Gasteiger partial charge >= 0.3 is 0 Å². The summed E-state index contributed by atoms with van der Waals surface area (Å²) in [6.45, 7) is 0.465. The average molecular weight is 221 g/mol. The maximum atomic E-state index is 11.5. The van der Waals surface area contributed by atoms with E-state index in [9.17, 15) is 4.79 Å². The summed E-state index contributed by atoms with van der Waals surface area (Å²) in [5.74, 6) is -0.0977. The van der Waals surface area contributed by atoms with Crippen LogP contribution in [0.4, 0.5) is 5.69 Å². The van der Waals surface area contributed by atoms with Crippen molar-refractivity contribution < 1.29 is 9.53 Å². The van der Waals surface area contributed by atoms with E-state index in [1.54, 1.807) is 24.9 Å². The van der Waals surface area contributed by atoms with E-state index in [-0.39, 0.29) is 5.91 Å². The summed E-state index contributed by atoms with van der Waals surface area (Å²) < 4.78 is 5.03. The van der Waals surface area contributed by atoms with Crippen LogP contribution in [0.25, 0.3) is 0 Å². The Labute approximate surface area is 92.5 Å².